The van der Waals surface area contributed by atoms with Crippen LogP contribution in [0.15, 0.2) is 12.3 Å². The quantitative estimate of drug-likeness (QED) is 0.853. The van der Waals surface area contributed by atoms with E-state index in [2.05, 4.69) is 16.8 Å². The highest BCUT2D eigenvalue weighted by Crippen LogP contribution is 2.28. The molecule has 5 nitrogen and oxygen atoms in total. The van der Waals surface area contributed by atoms with Crippen molar-refractivity contribution in [2.24, 2.45) is 0 Å². The van der Waals surface area contributed by atoms with Crippen molar-refractivity contribution in [3.05, 3.63) is 23.4 Å². The van der Waals surface area contributed by atoms with E-state index in [1.165, 1.54) is 0 Å². The van der Waals surface area contributed by atoms with Gasteiger partial charge in [0.2, 0.25) is 0 Å². The molecule has 106 valence electrons. The number of nitrogens with zero attached hydrogens (tertiary/aromatic N) is 2. The average molecular weight is 265 g/mol. The Balaban J connectivity index is 2.12. The molecule has 0 spiro atoms. The number of aromatic nitrogens is 1. The number of nitrogens with two attached hydrogens (primary N) is 1. The molecular weight excluding hydrogens is 242 g/mol. The van der Waals surface area contributed by atoms with Crippen molar-refractivity contribution in [1.82, 2.24) is 9.88 Å². The zero-order valence-corrected chi connectivity index (χ0v) is 11.7. The molecule has 1 saturated heterocycles. The Labute approximate surface area is 114 Å². The SMILES string of the molecule is CCCN1CCOC(C(O)c2c(C)ccnc2N)C1. The van der Waals surface area contributed by atoms with Gasteiger partial charge in [-0.1, -0.05) is 6.92 Å². The molecule has 2 atom stereocenters. The standard InChI is InChI=1S/C14H23N3O2/c1-3-6-17-7-8-19-11(9-17)13(18)12-10(2)4-5-16-14(12)15/h4-5,11,13,18H,3,6-9H2,1-2H3,(H2,15,16). The molecule has 0 aliphatic carbocycles. The van der Waals surface area contributed by atoms with E-state index < -0.39 is 6.10 Å². The van der Waals surface area contributed by atoms with E-state index >= 15 is 0 Å². The van der Waals surface area contributed by atoms with Crippen LogP contribution in [0.1, 0.15) is 30.6 Å². The Hall–Kier alpha value is -1.17. The van der Waals surface area contributed by atoms with E-state index in [4.69, 9.17) is 10.5 Å². The Kier molecular flexibility index (Phi) is 4.74. The first-order valence-corrected chi connectivity index (χ1v) is 6.86. The summed E-state index contributed by atoms with van der Waals surface area (Å²) in [4.78, 5) is 6.38. The summed E-state index contributed by atoms with van der Waals surface area (Å²) in [5.41, 5.74) is 7.54. The smallest absolute Gasteiger partial charge is 0.129 e. The highest BCUT2D eigenvalue weighted by atomic mass is 16.5. The summed E-state index contributed by atoms with van der Waals surface area (Å²) in [6, 6.07) is 1.86. The number of anilines is 1. The maximum atomic E-state index is 10.5. The number of rotatable bonds is 4. The summed E-state index contributed by atoms with van der Waals surface area (Å²) < 4.78 is 5.71. The first kappa shape index (κ1) is 14.2. The van der Waals surface area contributed by atoms with Crippen molar-refractivity contribution < 1.29 is 9.84 Å². The van der Waals surface area contributed by atoms with Gasteiger partial charge in [-0.25, -0.2) is 4.98 Å². The number of hydrogen-bond acceptors (Lipinski definition) is 5. The number of morpholine rings is 1. The summed E-state index contributed by atoms with van der Waals surface area (Å²) in [6.07, 6.45) is 1.82. The second kappa shape index (κ2) is 6.32. The molecule has 2 unspecified atom stereocenters. The Morgan fingerprint density at radius 3 is 3.11 bits per heavy atom. The van der Waals surface area contributed by atoms with Gasteiger partial charge in [0.25, 0.3) is 0 Å². The Bertz CT molecular complexity index is 403. The van der Waals surface area contributed by atoms with E-state index in [-0.39, 0.29) is 6.10 Å². The fourth-order valence-corrected chi connectivity index (χ4v) is 2.60. The molecular formula is C14H23N3O2. The molecule has 0 amide bonds. The fourth-order valence-electron chi connectivity index (χ4n) is 2.60. The molecule has 3 N–H and O–H groups in total. The first-order valence-electron chi connectivity index (χ1n) is 6.86. The minimum atomic E-state index is -0.714. The van der Waals surface area contributed by atoms with Gasteiger partial charge in [-0.15, -0.1) is 0 Å². The summed E-state index contributed by atoms with van der Waals surface area (Å²) >= 11 is 0. The molecule has 2 heterocycles. The van der Waals surface area contributed by atoms with Crippen LogP contribution in [-0.2, 0) is 4.74 Å². The molecule has 1 aliphatic heterocycles. The van der Waals surface area contributed by atoms with Gasteiger partial charge in [0.1, 0.15) is 18.0 Å². The van der Waals surface area contributed by atoms with Crippen molar-refractivity contribution in [2.45, 2.75) is 32.5 Å². The fraction of sp³-hybridized carbons (Fsp3) is 0.643. The number of pyridine rings is 1. The number of aliphatic hydroxyl groups is 1. The second-order valence-corrected chi connectivity index (χ2v) is 5.08. The van der Waals surface area contributed by atoms with Crippen molar-refractivity contribution in [3.63, 3.8) is 0 Å². The molecule has 2 rings (SSSR count). The monoisotopic (exact) mass is 265 g/mol. The van der Waals surface area contributed by atoms with Crippen LogP contribution in [0.2, 0.25) is 0 Å². The van der Waals surface area contributed by atoms with Gasteiger partial charge < -0.3 is 15.6 Å². The second-order valence-electron chi connectivity index (χ2n) is 5.08. The molecule has 1 aromatic rings. The molecule has 0 saturated carbocycles. The van der Waals surface area contributed by atoms with E-state index in [9.17, 15) is 5.11 Å². The van der Waals surface area contributed by atoms with Gasteiger partial charge >= 0.3 is 0 Å². The number of aryl methyl sites for hydroxylation is 1. The number of nitrogen functional groups attached to an aromatic ring is 1. The van der Waals surface area contributed by atoms with E-state index in [0.717, 1.165) is 31.6 Å². The van der Waals surface area contributed by atoms with Crippen molar-refractivity contribution in [2.75, 3.05) is 32.0 Å². The first-order chi connectivity index (χ1) is 9.13. The van der Waals surface area contributed by atoms with E-state index in [1.807, 2.05) is 13.0 Å². The molecule has 0 bridgehead atoms. The minimum Gasteiger partial charge on any atom is -0.385 e. The lowest BCUT2D eigenvalue weighted by atomic mass is 9.99. The predicted octanol–water partition coefficient (Wildman–Crippen LogP) is 1.12. The zero-order chi connectivity index (χ0) is 13.8. The average Bonchev–Trinajstić information content (AvgIpc) is 2.39. The van der Waals surface area contributed by atoms with Gasteiger partial charge in [0, 0.05) is 24.8 Å². The number of hydrogen-bond donors (Lipinski definition) is 2. The lowest BCUT2D eigenvalue weighted by Crippen LogP contribution is -2.45. The van der Waals surface area contributed by atoms with Crippen LogP contribution in [-0.4, -0.2) is 47.3 Å². The van der Waals surface area contributed by atoms with Crippen molar-refractivity contribution in [3.8, 4) is 0 Å². The van der Waals surface area contributed by atoms with Crippen LogP contribution in [0.4, 0.5) is 5.82 Å². The maximum absolute atomic E-state index is 10.5. The van der Waals surface area contributed by atoms with Crippen molar-refractivity contribution >= 4 is 5.82 Å². The molecule has 1 aliphatic rings. The minimum absolute atomic E-state index is 0.231. The van der Waals surface area contributed by atoms with Crippen LogP contribution in [0.25, 0.3) is 0 Å². The maximum Gasteiger partial charge on any atom is 0.129 e. The third-order valence-electron chi connectivity index (χ3n) is 3.60. The summed E-state index contributed by atoms with van der Waals surface area (Å²) in [5.74, 6) is 0.392. The van der Waals surface area contributed by atoms with Gasteiger partial charge in [-0.2, -0.15) is 0 Å². The summed E-state index contributed by atoms with van der Waals surface area (Å²) in [6.45, 7) is 7.45. The Morgan fingerprint density at radius 2 is 2.42 bits per heavy atom. The lowest BCUT2D eigenvalue weighted by molar-refractivity contribution is -0.0898. The molecule has 5 heteroatoms. The molecule has 0 aromatic carbocycles. The van der Waals surface area contributed by atoms with E-state index in [1.54, 1.807) is 6.20 Å². The Morgan fingerprint density at radius 1 is 1.63 bits per heavy atom. The normalized spacial score (nSPS) is 22.4. The van der Waals surface area contributed by atoms with Gasteiger partial charge in [0.15, 0.2) is 0 Å². The molecule has 19 heavy (non-hydrogen) atoms. The number of ether oxygens (including phenoxy) is 1. The molecule has 0 radical (unpaired) electrons. The molecule has 1 aromatic heterocycles. The highest BCUT2D eigenvalue weighted by Gasteiger charge is 2.29. The zero-order valence-electron chi connectivity index (χ0n) is 11.7. The van der Waals surface area contributed by atoms with Gasteiger partial charge in [0.05, 0.1) is 6.61 Å². The largest absolute Gasteiger partial charge is 0.385 e. The third kappa shape index (κ3) is 3.23. The van der Waals surface area contributed by atoms with Gasteiger partial charge in [-0.05, 0) is 31.5 Å². The third-order valence-corrected chi connectivity index (χ3v) is 3.60. The van der Waals surface area contributed by atoms with Crippen molar-refractivity contribution in [1.29, 1.82) is 0 Å². The predicted molar refractivity (Wildman–Crippen MR) is 74.8 cm³/mol. The van der Waals surface area contributed by atoms with E-state index in [0.29, 0.717) is 18.0 Å². The summed E-state index contributed by atoms with van der Waals surface area (Å²) in [5, 5.41) is 10.5. The van der Waals surface area contributed by atoms with Crippen LogP contribution >= 0.6 is 0 Å². The van der Waals surface area contributed by atoms with Crippen LogP contribution in [0.3, 0.4) is 0 Å². The lowest BCUT2D eigenvalue weighted by Gasteiger charge is -2.35. The van der Waals surface area contributed by atoms with Crippen LogP contribution in [0, 0.1) is 6.92 Å². The molecule has 1 fully saturated rings. The topological polar surface area (TPSA) is 71.6 Å². The summed E-state index contributed by atoms with van der Waals surface area (Å²) in [7, 11) is 0. The van der Waals surface area contributed by atoms with Gasteiger partial charge in [-0.3, -0.25) is 4.90 Å². The number of aliphatic hydroxyl groups excluding tert-OH is 1. The van der Waals surface area contributed by atoms with Crippen LogP contribution < -0.4 is 5.73 Å². The van der Waals surface area contributed by atoms with Crippen LogP contribution in [0.5, 0.6) is 0 Å². The highest BCUT2D eigenvalue weighted by molar-refractivity contribution is 5.45.